The van der Waals surface area contributed by atoms with Crippen molar-refractivity contribution in [3.63, 3.8) is 0 Å². The fourth-order valence-corrected chi connectivity index (χ4v) is 0.702. The van der Waals surface area contributed by atoms with E-state index in [1.54, 1.807) is 0 Å². The van der Waals surface area contributed by atoms with Gasteiger partial charge < -0.3 is 16.5 Å². The highest BCUT2D eigenvalue weighted by Crippen LogP contribution is 2.03. The van der Waals surface area contributed by atoms with Gasteiger partial charge in [-0.3, -0.25) is 0 Å². The number of hydrogen-bond donors (Lipinski definition) is 3. The number of aromatic amines is 1. The standard InChI is InChI=1S/C6H11N3/c7-4-5(8)6-2-1-3-9-6/h1-3,5,9H,4,7-8H2/t5-/m1/s1. The molecule has 0 saturated carbocycles. The van der Waals surface area contributed by atoms with Crippen molar-refractivity contribution in [2.75, 3.05) is 6.54 Å². The third kappa shape index (κ3) is 1.31. The molecule has 5 N–H and O–H groups in total. The molecule has 0 spiro atoms. The lowest BCUT2D eigenvalue weighted by atomic mass is 10.2. The Morgan fingerprint density at radius 2 is 2.44 bits per heavy atom. The van der Waals surface area contributed by atoms with E-state index in [4.69, 9.17) is 11.5 Å². The maximum atomic E-state index is 5.58. The van der Waals surface area contributed by atoms with Gasteiger partial charge in [-0.05, 0) is 12.1 Å². The Hall–Kier alpha value is -0.800. The SMILES string of the molecule is NC[C@@H](N)c1ccc[nH]1. The number of aromatic nitrogens is 1. The summed E-state index contributed by atoms with van der Waals surface area (Å²) in [4.78, 5) is 2.98. The van der Waals surface area contributed by atoms with Crippen molar-refractivity contribution in [2.24, 2.45) is 11.5 Å². The average Bonchev–Trinajstić information content (AvgIpc) is 2.37. The Bertz CT molecular complexity index is 157. The molecule has 0 aromatic carbocycles. The van der Waals surface area contributed by atoms with Gasteiger partial charge in [0.2, 0.25) is 0 Å². The molecule has 3 heteroatoms. The van der Waals surface area contributed by atoms with Crippen LogP contribution in [0.15, 0.2) is 18.3 Å². The van der Waals surface area contributed by atoms with Gasteiger partial charge in [0.1, 0.15) is 0 Å². The number of hydrogen-bond acceptors (Lipinski definition) is 2. The molecule has 1 heterocycles. The summed E-state index contributed by atoms with van der Waals surface area (Å²) >= 11 is 0. The van der Waals surface area contributed by atoms with Gasteiger partial charge in [0.25, 0.3) is 0 Å². The van der Waals surface area contributed by atoms with Gasteiger partial charge in [-0.1, -0.05) is 0 Å². The van der Waals surface area contributed by atoms with E-state index < -0.39 is 0 Å². The fraction of sp³-hybridized carbons (Fsp3) is 0.333. The van der Waals surface area contributed by atoms with Crippen molar-refractivity contribution in [1.82, 2.24) is 4.98 Å². The number of nitrogens with one attached hydrogen (secondary N) is 1. The van der Waals surface area contributed by atoms with Gasteiger partial charge in [0.05, 0.1) is 6.04 Å². The Morgan fingerprint density at radius 1 is 1.67 bits per heavy atom. The Kier molecular flexibility index (Phi) is 1.87. The van der Waals surface area contributed by atoms with Crippen LogP contribution in [0.3, 0.4) is 0 Å². The summed E-state index contributed by atoms with van der Waals surface area (Å²) in [5.74, 6) is 0. The third-order valence-electron chi connectivity index (χ3n) is 1.28. The summed E-state index contributed by atoms with van der Waals surface area (Å²) in [7, 11) is 0. The zero-order valence-corrected chi connectivity index (χ0v) is 5.17. The minimum atomic E-state index is -0.0417. The molecule has 0 bridgehead atoms. The van der Waals surface area contributed by atoms with Gasteiger partial charge in [0.15, 0.2) is 0 Å². The molecule has 0 fully saturated rings. The van der Waals surface area contributed by atoms with Crippen molar-refractivity contribution >= 4 is 0 Å². The van der Waals surface area contributed by atoms with Crippen molar-refractivity contribution in [3.8, 4) is 0 Å². The van der Waals surface area contributed by atoms with E-state index in [-0.39, 0.29) is 6.04 Å². The molecular weight excluding hydrogens is 114 g/mol. The highest BCUT2D eigenvalue weighted by molar-refractivity contribution is 5.08. The van der Waals surface area contributed by atoms with E-state index in [1.165, 1.54) is 0 Å². The monoisotopic (exact) mass is 125 g/mol. The lowest BCUT2D eigenvalue weighted by Crippen LogP contribution is -2.20. The van der Waals surface area contributed by atoms with E-state index in [0.717, 1.165) is 5.69 Å². The van der Waals surface area contributed by atoms with E-state index in [9.17, 15) is 0 Å². The normalized spacial score (nSPS) is 13.6. The van der Waals surface area contributed by atoms with Crippen LogP contribution in [0, 0.1) is 0 Å². The summed E-state index contributed by atoms with van der Waals surface area (Å²) in [5.41, 5.74) is 11.9. The molecule has 0 radical (unpaired) electrons. The lowest BCUT2D eigenvalue weighted by molar-refractivity contribution is 0.716. The molecule has 1 aromatic heterocycles. The molecule has 50 valence electrons. The lowest BCUT2D eigenvalue weighted by Gasteiger charge is -2.03. The van der Waals surface area contributed by atoms with Gasteiger partial charge in [-0.25, -0.2) is 0 Å². The molecule has 3 nitrogen and oxygen atoms in total. The van der Waals surface area contributed by atoms with Crippen molar-refractivity contribution in [2.45, 2.75) is 6.04 Å². The van der Waals surface area contributed by atoms with Crippen LogP contribution in [-0.4, -0.2) is 11.5 Å². The van der Waals surface area contributed by atoms with Crippen LogP contribution in [0.5, 0.6) is 0 Å². The first kappa shape index (κ1) is 6.32. The predicted octanol–water partition coefficient (Wildman–Crippen LogP) is -0.0268. The summed E-state index contributed by atoms with van der Waals surface area (Å²) < 4.78 is 0. The van der Waals surface area contributed by atoms with Crippen LogP contribution in [0.2, 0.25) is 0 Å². The van der Waals surface area contributed by atoms with Gasteiger partial charge in [-0.2, -0.15) is 0 Å². The quantitative estimate of drug-likeness (QED) is 0.519. The highest BCUT2D eigenvalue weighted by atomic mass is 14.8. The number of rotatable bonds is 2. The topological polar surface area (TPSA) is 67.8 Å². The second-order valence-electron chi connectivity index (χ2n) is 1.97. The second kappa shape index (κ2) is 2.66. The summed E-state index contributed by atoms with van der Waals surface area (Å²) in [6.07, 6.45) is 1.84. The molecule has 0 aliphatic carbocycles. The Balaban J connectivity index is 2.65. The molecule has 0 unspecified atom stereocenters. The van der Waals surface area contributed by atoms with E-state index in [0.29, 0.717) is 6.54 Å². The van der Waals surface area contributed by atoms with Crippen molar-refractivity contribution < 1.29 is 0 Å². The van der Waals surface area contributed by atoms with Crippen molar-refractivity contribution in [1.29, 1.82) is 0 Å². The number of nitrogens with two attached hydrogens (primary N) is 2. The molecule has 1 atom stereocenters. The fourth-order valence-electron chi connectivity index (χ4n) is 0.702. The molecule has 1 rings (SSSR count). The van der Waals surface area contributed by atoms with Crippen LogP contribution < -0.4 is 11.5 Å². The molecule has 0 saturated heterocycles. The zero-order chi connectivity index (χ0) is 6.69. The second-order valence-corrected chi connectivity index (χ2v) is 1.97. The highest BCUT2D eigenvalue weighted by Gasteiger charge is 2.00. The van der Waals surface area contributed by atoms with Crippen LogP contribution in [-0.2, 0) is 0 Å². The van der Waals surface area contributed by atoms with E-state index in [2.05, 4.69) is 4.98 Å². The van der Waals surface area contributed by atoms with Gasteiger partial charge >= 0.3 is 0 Å². The summed E-state index contributed by atoms with van der Waals surface area (Å²) in [6, 6.07) is 3.79. The maximum Gasteiger partial charge on any atom is 0.0572 e. The average molecular weight is 125 g/mol. The first-order valence-electron chi connectivity index (χ1n) is 2.93. The van der Waals surface area contributed by atoms with Crippen molar-refractivity contribution in [3.05, 3.63) is 24.0 Å². The minimum Gasteiger partial charge on any atom is -0.364 e. The van der Waals surface area contributed by atoms with Crippen LogP contribution in [0.1, 0.15) is 11.7 Å². The van der Waals surface area contributed by atoms with Crippen LogP contribution >= 0.6 is 0 Å². The minimum absolute atomic E-state index is 0.0417. The Morgan fingerprint density at radius 3 is 2.89 bits per heavy atom. The molecule has 0 aliphatic heterocycles. The summed E-state index contributed by atoms with van der Waals surface area (Å²) in [6.45, 7) is 0.487. The molecule has 1 aromatic rings. The van der Waals surface area contributed by atoms with Crippen LogP contribution in [0.4, 0.5) is 0 Å². The van der Waals surface area contributed by atoms with E-state index in [1.807, 2.05) is 18.3 Å². The number of H-pyrrole nitrogens is 1. The first-order chi connectivity index (χ1) is 4.34. The summed E-state index contributed by atoms with van der Waals surface area (Å²) in [5, 5.41) is 0. The largest absolute Gasteiger partial charge is 0.364 e. The molecule has 0 aliphatic rings. The molecular formula is C6H11N3. The Labute approximate surface area is 54.1 Å². The third-order valence-corrected chi connectivity index (χ3v) is 1.28. The predicted molar refractivity (Wildman–Crippen MR) is 36.8 cm³/mol. The first-order valence-corrected chi connectivity index (χ1v) is 2.93. The molecule has 9 heavy (non-hydrogen) atoms. The van der Waals surface area contributed by atoms with Gasteiger partial charge in [0, 0.05) is 18.4 Å². The zero-order valence-electron chi connectivity index (χ0n) is 5.17. The smallest absolute Gasteiger partial charge is 0.0572 e. The van der Waals surface area contributed by atoms with Crippen LogP contribution in [0.25, 0.3) is 0 Å². The van der Waals surface area contributed by atoms with E-state index >= 15 is 0 Å². The maximum absolute atomic E-state index is 5.58. The van der Waals surface area contributed by atoms with Gasteiger partial charge in [-0.15, -0.1) is 0 Å². The molecule has 0 amide bonds.